The third-order valence-electron chi connectivity index (χ3n) is 1.35. The first-order chi connectivity index (χ1) is 5.74. The molecule has 0 saturated heterocycles. The number of rotatable bonds is 3. The van der Waals surface area contributed by atoms with Gasteiger partial charge in [0.1, 0.15) is 5.82 Å². The summed E-state index contributed by atoms with van der Waals surface area (Å²) in [6, 6.07) is 1.83. The molecule has 1 rings (SSSR count). The number of hydrogen-bond acceptors (Lipinski definition) is 2. The number of pyridine rings is 1. The summed E-state index contributed by atoms with van der Waals surface area (Å²) in [4.78, 5) is 4.13. The van der Waals surface area contributed by atoms with Crippen LogP contribution in [0.15, 0.2) is 16.7 Å². The lowest BCUT2D eigenvalue weighted by Gasteiger charge is -2.05. The van der Waals surface area contributed by atoms with Gasteiger partial charge < -0.3 is 5.32 Å². The van der Waals surface area contributed by atoms with Crippen molar-refractivity contribution < 1.29 is 0 Å². The van der Waals surface area contributed by atoms with Crippen LogP contribution in [0.3, 0.4) is 0 Å². The molecule has 0 aromatic carbocycles. The minimum atomic E-state index is 0.651. The molecule has 0 bridgehead atoms. The van der Waals surface area contributed by atoms with E-state index in [9.17, 15) is 0 Å². The van der Waals surface area contributed by atoms with Gasteiger partial charge in [-0.05, 0) is 28.4 Å². The smallest absolute Gasteiger partial charge is 0.144 e. The lowest BCUT2D eigenvalue weighted by atomic mass is 10.4. The van der Waals surface area contributed by atoms with E-state index >= 15 is 0 Å². The molecule has 12 heavy (non-hydrogen) atoms. The van der Waals surface area contributed by atoms with Crippen molar-refractivity contribution in [3.63, 3.8) is 0 Å². The standard InChI is InChI=1S/C8H10BrClN2/c1-2-3-11-8-7(10)4-6(9)5-12-8/h4-5H,2-3H2,1H3,(H,11,12). The second-order valence-electron chi connectivity index (χ2n) is 2.41. The van der Waals surface area contributed by atoms with Crippen LogP contribution in [0.1, 0.15) is 13.3 Å². The van der Waals surface area contributed by atoms with Crippen LogP contribution in [0.5, 0.6) is 0 Å². The second kappa shape index (κ2) is 4.67. The molecule has 0 amide bonds. The number of anilines is 1. The highest BCUT2D eigenvalue weighted by Gasteiger charge is 2.00. The Morgan fingerprint density at radius 3 is 3.00 bits per heavy atom. The summed E-state index contributed by atoms with van der Waals surface area (Å²) in [5.41, 5.74) is 0. The summed E-state index contributed by atoms with van der Waals surface area (Å²) in [6.07, 6.45) is 2.79. The summed E-state index contributed by atoms with van der Waals surface area (Å²) < 4.78 is 0.898. The fourth-order valence-electron chi connectivity index (χ4n) is 0.788. The number of aromatic nitrogens is 1. The highest BCUT2D eigenvalue weighted by atomic mass is 79.9. The van der Waals surface area contributed by atoms with Crippen LogP contribution in [-0.4, -0.2) is 11.5 Å². The summed E-state index contributed by atoms with van der Waals surface area (Å²) in [5, 5.41) is 3.78. The Morgan fingerprint density at radius 2 is 2.42 bits per heavy atom. The molecule has 0 aliphatic carbocycles. The average molecular weight is 250 g/mol. The molecule has 0 aliphatic heterocycles. The van der Waals surface area contributed by atoms with Gasteiger partial charge in [-0.25, -0.2) is 4.98 Å². The highest BCUT2D eigenvalue weighted by molar-refractivity contribution is 9.10. The predicted molar refractivity (Wildman–Crippen MR) is 55.7 cm³/mol. The maximum Gasteiger partial charge on any atom is 0.144 e. The Hall–Kier alpha value is -0.280. The van der Waals surface area contributed by atoms with Gasteiger partial charge >= 0.3 is 0 Å². The van der Waals surface area contributed by atoms with Gasteiger partial charge in [0.15, 0.2) is 0 Å². The first-order valence-electron chi connectivity index (χ1n) is 3.79. The Morgan fingerprint density at radius 1 is 1.67 bits per heavy atom. The predicted octanol–water partition coefficient (Wildman–Crippen LogP) is 3.32. The molecule has 1 aromatic rings. The number of halogens is 2. The fraction of sp³-hybridized carbons (Fsp3) is 0.375. The molecule has 1 heterocycles. The van der Waals surface area contributed by atoms with E-state index in [0.717, 1.165) is 23.3 Å². The lowest BCUT2D eigenvalue weighted by Crippen LogP contribution is -2.01. The van der Waals surface area contributed by atoms with E-state index in [0.29, 0.717) is 5.02 Å². The largest absolute Gasteiger partial charge is 0.369 e. The molecule has 1 aromatic heterocycles. The molecular formula is C8H10BrClN2. The van der Waals surface area contributed by atoms with Gasteiger partial charge in [0.2, 0.25) is 0 Å². The quantitative estimate of drug-likeness (QED) is 0.889. The number of hydrogen-bond donors (Lipinski definition) is 1. The van der Waals surface area contributed by atoms with E-state index in [1.165, 1.54) is 0 Å². The van der Waals surface area contributed by atoms with E-state index < -0.39 is 0 Å². The van der Waals surface area contributed by atoms with Gasteiger partial charge in [-0.3, -0.25) is 0 Å². The zero-order valence-corrected chi connectivity index (χ0v) is 9.11. The summed E-state index contributed by atoms with van der Waals surface area (Å²) >= 11 is 9.20. The molecule has 1 N–H and O–H groups in total. The van der Waals surface area contributed by atoms with Crippen LogP contribution >= 0.6 is 27.5 Å². The van der Waals surface area contributed by atoms with Crippen molar-refractivity contribution in [3.8, 4) is 0 Å². The monoisotopic (exact) mass is 248 g/mol. The van der Waals surface area contributed by atoms with Crippen LogP contribution in [-0.2, 0) is 0 Å². The molecule has 0 fully saturated rings. The molecule has 4 heteroatoms. The molecule has 0 radical (unpaired) electrons. The third-order valence-corrected chi connectivity index (χ3v) is 2.07. The van der Waals surface area contributed by atoms with Gasteiger partial charge in [0.25, 0.3) is 0 Å². The molecule has 66 valence electrons. The van der Waals surface area contributed by atoms with Gasteiger partial charge in [0, 0.05) is 17.2 Å². The van der Waals surface area contributed by atoms with Crippen molar-refractivity contribution in [2.75, 3.05) is 11.9 Å². The van der Waals surface area contributed by atoms with Crippen molar-refractivity contribution in [1.82, 2.24) is 4.98 Å². The minimum absolute atomic E-state index is 0.651. The Labute approximate surface area is 85.5 Å². The van der Waals surface area contributed by atoms with Crippen LogP contribution in [0.25, 0.3) is 0 Å². The zero-order valence-electron chi connectivity index (χ0n) is 6.77. The first kappa shape index (κ1) is 9.81. The summed E-state index contributed by atoms with van der Waals surface area (Å²) in [6.45, 7) is 2.99. The Balaban J connectivity index is 2.72. The molecule has 0 unspecified atom stereocenters. The minimum Gasteiger partial charge on any atom is -0.369 e. The summed E-state index contributed by atoms with van der Waals surface area (Å²) in [5.74, 6) is 0.752. The average Bonchev–Trinajstić information content (AvgIpc) is 2.03. The zero-order chi connectivity index (χ0) is 8.97. The Kier molecular flexibility index (Phi) is 3.82. The van der Waals surface area contributed by atoms with Crippen LogP contribution < -0.4 is 5.32 Å². The van der Waals surface area contributed by atoms with E-state index in [1.807, 2.05) is 6.07 Å². The molecular weight excluding hydrogens is 239 g/mol. The maximum atomic E-state index is 5.91. The second-order valence-corrected chi connectivity index (χ2v) is 3.73. The van der Waals surface area contributed by atoms with Crippen molar-refractivity contribution in [2.24, 2.45) is 0 Å². The van der Waals surface area contributed by atoms with Crippen molar-refractivity contribution in [2.45, 2.75) is 13.3 Å². The van der Waals surface area contributed by atoms with Gasteiger partial charge in [-0.1, -0.05) is 18.5 Å². The van der Waals surface area contributed by atoms with Crippen LogP contribution in [0, 0.1) is 0 Å². The normalized spacial score (nSPS) is 9.92. The summed E-state index contributed by atoms with van der Waals surface area (Å²) in [7, 11) is 0. The Bertz CT molecular complexity index is 265. The topological polar surface area (TPSA) is 24.9 Å². The number of nitrogens with zero attached hydrogens (tertiary/aromatic N) is 1. The highest BCUT2D eigenvalue weighted by Crippen LogP contribution is 2.22. The van der Waals surface area contributed by atoms with Gasteiger partial charge in [-0.15, -0.1) is 0 Å². The fourth-order valence-corrected chi connectivity index (χ4v) is 1.48. The van der Waals surface area contributed by atoms with E-state index in [2.05, 4.69) is 33.2 Å². The lowest BCUT2D eigenvalue weighted by molar-refractivity contribution is 0.969. The molecule has 0 atom stereocenters. The molecule has 0 aliphatic rings. The van der Waals surface area contributed by atoms with Crippen molar-refractivity contribution >= 4 is 33.3 Å². The van der Waals surface area contributed by atoms with E-state index in [-0.39, 0.29) is 0 Å². The SMILES string of the molecule is CCCNc1ncc(Br)cc1Cl. The van der Waals surface area contributed by atoms with Gasteiger partial charge in [-0.2, -0.15) is 0 Å². The van der Waals surface area contributed by atoms with Crippen molar-refractivity contribution in [1.29, 1.82) is 0 Å². The molecule has 0 saturated carbocycles. The molecule has 0 spiro atoms. The number of nitrogens with one attached hydrogen (secondary N) is 1. The molecule has 2 nitrogen and oxygen atoms in total. The van der Waals surface area contributed by atoms with E-state index in [4.69, 9.17) is 11.6 Å². The van der Waals surface area contributed by atoms with E-state index in [1.54, 1.807) is 6.20 Å². The van der Waals surface area contributed by atoms with Gasteiger partial charge in [0.05, 0.1) is 5.02 Å². The first-order valence-corrected chi connectivity index (χ1v) is 4.96. The van der Waals surface area contributed by atoms with Crippen LogP contribution in [0.4, 0.5) is 5.82 Å². The van der Waals surface area contributed by atoms with Crippen molar-refractivity contribution in [3.05, 3.63) is 21.8 Å². The third kappa shape index (κ3) is 2.64. The van der Waals surface area contributed by atoms with Crippen LogP contribution in [0.2, 0.25) is 5.02 Å². The maximum absolute atomic E-state index is 5.91.